The predicted octanol–water partition coefficient (Wildman–Crippen LogP) is 1.24. The number of hydrogen-bond acceptors (Lipinski definition) is 4. The Morgan fingerprint density at radius 1 is 1.47 bits per heavy atom. The van der Waals surface area contributed by atoms with Gasteiger partial charge in [-0.15, -0.1) is 0 Å². The van der Waals surface area contributed by atoms with Gasteiger partial charge >= 0.3 is 5.97 Å². The van der Waals surface area contributed by atoms with Gasteiger partial charge in [0.05, 0.1) is 0 Å². The van der Waals surface area contributed by atoms with Gasteiger partial charge in [0.25, 0.3) is 0 Å². The zero-order valence-corrected chi connectivity index (χ0v) is 10.8. The second-order valence-corrected chi connectivity index (χ2v) is 4.17. The first-order valence-electron chi connectivity index (χ1n) is 6.25. The zero-order valence-electron chi connectivity index (χ0n) is 10.8. The topological polar surface area (TPSA) is 78.1 Å². The Morgan fingerprint density at radius 3 is 2.89 bits per heavy atom. The smallest absolute Gasteiger partial charge is 0.356 e. The SMILES string of the molecule is CCN(CCCO)c1nc2ccccn2c1C(=O)O. The molecule has 2 aromatic heterocycles. The van der Waals surface area contributed by atoms with E-state index in [1.807, 2.05) is 17.9 Å². The highest BCUT2D eigenvalue weighted by Crippen LogP contribution is 2.21. The zero-order chi connectivity index (χ0) is 13.8. The summed E-state index contributed by atoms with van der Waals surface area (Å²) in [6, 6.07) is 5.37. The van der Waals surface area contributed by atoms with Crippen molar-refractivity contribution in [2.45, 2.75) is 13.3 Å². The Hall–Kier alpha value is -2.08. The summed E-state index contributed by atoms with van der Waals surface area (Å²) >= 11 is 0. The second-order valence-electron chi connectivity index (χ2n) is 4.17. The number of imidazole rings is 1. The maximum Gasteiger partial charge on any atom is 0.356 e. The minimum absolute atomic E-state index is 0.0757. The molecule has 2 heterocycles. The molecule has 102 valence electrons. The number of hydrogen-bond donors (Lipinski definition) is 2. The predicted molar refractivity (Wildman–Crippen MR) is 71.7 cm³/mol. The van der Waals surface area contributed by atoms with E-state index in [2.05, 4.69) is 4.98 Å². The van der Waals surface area contributed by atoms with Crippen molar-refractivity contribution in [3.63, 3.8) is 0 Å². The van der Waals surface area contributed by atoms with Gasteiger partial charge < -0.3 is 15.1 Å². The van der Waals surface area contributed by atoms with Crippen LogP contribution in [0.25, 0.3) is 5.65 Å². The molecule has 2 aromatic rings. The average molecular weight is 263 g/mol. The summed E-state index contributed by atoms with van der Waals surface area (Å²) in [6.07, 6.45) is 2.27. The minimum atomic E-state index is -1.00. The van der Waals surface area contributed by atoms with E-state index in [1.165, 1.54) is 0 Å². The lowest BCUT2D eigenvalue weighted by molar-refractivity contribution is 0.0690. The summed E-state index contributed by atoms with van der Waals surface area (Å²) < 4.78 is 1.57. The van der Waals surface area contributed by atoms with Crippen LogP contribution in [-0.2, 0) is 0 Å². The standard InChI is InChI=1S/C13H17N3O3/c1-2-15(7-5-9-17)12-11(13(18)19)16-8-4-3-6-10(16)14-12/h3-4,6,8,17H,2,5,7,9H2,1H3,(H,18,19). The third-order valence-corrected chi connectivity index (χ3v) is 2.98. The summed E-state index contributed by atoms with van der Waals surface area (Å²) in [7, 11) is 0. The summed E-state index contributed by atoms with van der Waals surface area (Å²) in [4.78, 5) is 17.7. The number of aliphatic hydroxyl groups excluding tert-OH is 1. The third-order valence-electron chi connectivity index (χ3n) is 2.98. The maximum atomic E-state index is 11.5. The summed E-state index contributed by atoms with van der Waals surface area (Å²) in [5.41, 5.74) is 0.771. The van der Waals surface area contributed by atoms with Crippen molar-refractivity contribution in [3.8, 4) is 0 Å². The second kappa shape index (κ2) is 5.71. The van der Waals surface area contributed by atoms with Gasteiger partial charge in [-0.1, -0.05) is 6.07 Å². The number of rotatable bonds is 6. The molecule has 2 N–H and O–H groups in total. The van der Waals surface area contributed by atoms with E-state index in [-0.39, 0.29) is 12.3 Å². The number of pyridine rings is 1. The molecule has 0 atom stereocenters. The number of carboxylic acids is 1. The van der Waals surface area contributed by atoms with Gasteiger partial charge in [0.15, 0.2) is 11.5 Å². The number of aromatic nitrogens is 2. The summed E-state index contributed by atoms with van der Waals surface area (Å²) in [5.74, 6) is -0.550. The van der Waals surface area contributed by atoms with E-state index >= 15 is 0 Å². The molecule has 0 fully saturated rings. The van der Waals surface area contributed by atoms with Crippen molar-refractivity contribution in [1.29, 1.82) is 0 Å². The summed E-state index contributed by atoms with van der Waals surface area (Å²) in [5, 5.41) is 18.3. The van der Waals surface area contributed by atoms with E-state index in [4.69, 9.17) is 5.11 Å². The van der Waals surface area contributed by atoms with Crippen molar-refractivity contribution in [1.82, 2.24) is 9.38 Å². The molecule has 19 heavy (non-hydrogen) atoms. The van der Waals surface area contributed by atoms with Crippen LogP contribution in [0.5, 0.6) is 0 Å². The number of aromatic carboxylic acids is 1. The largest absolute Gasteiger partial charge is 0.476 e. The minimum Gasteiger partial charge on any atom is -0.476 e. The monoisotopic (exact) mass is 263 g/mol. The van der Waals surface area contributed by atoms with Crippen molar-refractivity contribution in [2.24, 2.45) is 0 Å². The first-order chi connectivity index (χ1) is 9.19. The van der Waals surface area contributed by atoms with Crippen LogP contribution in [0.15, 0.2) is 24.4 Å². The van der Waals surface area contributed by atoms with Gasteiger partial charge in [0, 0.05) is 25.9 Å². The Kier molecular flexibility index (Phi) is 4.01. The molecule has 0 aromatic carbocycles. The van der Waals surface area contributed by atoms with Crippen molar-refractivity contribution in [2.75, 3.05) is 24.6 Å². The molecular formula is C13H17N3O3. The van der Waals surface area contributed by atoms with E-state index in [9.17, 15) is 9.90 Å². The normalized spacial score (nSPS) is 10.8. The molecule has 0 unspecified atom stereocenters. The van der Waals surface area contributed by atoms with Gasteiger partial charge in [0.2, 0.25) is 0 Å². The van der Waals surface area contributed by atoms with Crippen LogP contribution < -0.4 is 4.90 Å². The molecular weight excluding hydrogens is 246 g/mol. The van der Waals surface area contributed by atoms with Gasteiger partial charge in [-0.05, 0) is 25.5 Å². The van der Waals surface area contributed by atoms with Crippen LogP contribution in [0.2, 0.25) is 0 Å². The molecule has 0 saturated heterocycles. The van der Waals surface area contributed by atoms with E-state index in [0.717, 1.165) is 0 Å². The van der Waals surface area contributed by atoms with Crippen LogP contribution >= 0.6 is 0 Å². The Balaban J connectivity index is 2.51. The molecule has 0 amide bonds. The fourth-order valence-electron chi connectivity index (χ4n) is 2.08. The van der Waals surface area contributed by atoms with E-state index in [1.54, 1.807) is 22.7 Å². The molecule has 0 aliphatic rings. The number of carboxylic acid groups (broad SMARTS) is 1. The van der Waals surface area contributed by atoms with Gasteiger partial charge in [-0.3, -0.25) is 4.40 Å². The van der Waals surface area contributed by atoms with Crippen LogP contribution in [-0.4, -0.2) is 45.3 Å². The van der Waals surface area contributed by atoms with Crippen LogP contribution in [0, 0.1) is 0 Å². The Morgan fingerprint density at radius 2 is 2.26 bits per heavy atom. The van der Waals surface area contributed by atoms with E-state index in [0.29, 0.717) is 31.0 Å². The first-order valence-corrected chi connectivity index (χ1v) is 6.25. The van der Waals surface area contributed by atoms with E-state index < -0.39 is 5.97 Å². The number of anilines is 1. The van der Waals surface area contributed by atoms with Crippen molar-refractivity contribution >= 4 is 17.4 Å². The molecule has 0 aliphatic carbocycles. The molecule has 0 spiro atoms. The summed E-state index contributed by atoms with van der Waals surface area (Å²) in [6.45, 7) is 3.24. The number of nitrogens with zero attached hydrogens (tertiary/aromatic N) is 3. The highest BCUT2D eigenvalue weighted by molar-refractivity contribution is 5.93. The van der Waals surface area contributed by atoms with Crippen molar-refractivity contribution in [3.05, 3.63) is 30.1 Å². The molecule has 0 aliphatic heterocycles. The first kappa shape index (κ1) is 13.4. The average Bonchev–Trinajstić information content (AvgIpc) is 2.79. The molecule has 0 radical (unpaired) electrons. The Bertz CT molecular complexity index is 580. The van der Waals surface area contributed by atoms with Gasteiger partial charge in [-0.25, -0.2) is 9.78 Å². The lowest BCUT2D eigenvalue weighted by Gasteiger charge is -2.20. The van der Waals surface area contributed by atoms with Gasteiger partial charge in [-0.2, -0.15) is 0 Å². The number of fused-ring (bicyclic) bond motifs is 1. The molecule has 0 bridgehead atoms. The quantitative estimate of drug-likeness (QED) is 0.820. The third kappa shape index (κ3) is 2.53. The fraction of sp³-hybridized carbons (Fsp3) is 0.385. The Labute approximate surface area is 110 Å². The molecule has 6 nitrogen and oxygen atoms in total. The van der Waals surface area contributed by atoms with Gasteiger partial charge in [0.1, 0.15) is 5.65 Å². The lowest BCUT2D eigenvalue weighted by atomic mass is 10.3. The number of carbonyl (C=O) groups is 1. The van der Waals surface area contributed by atoms with Crippen LogP contribution in [0.1, 0.15) is 23.8 Å². The molecule has 6 heteroatoms. The fourth-order valence-corrected chi connectivity index (χ4v) is 2.08. The lowest BCUT2D eigenvalue weighted by Crippen LogP contribution is -2.27. The molecule has 2 rings (SSSR count). The van der Waals surface area contributed by atoms with Crippen LogP contribution in [0.3, 0.4) is 0 Å². The number of aliphatic hydroxyl groups is 1. The highest BCUT2D eigenvalue weighted by Gasteiger charge is 2.22. The van der Waals surface area contributed by atoms with Crippen LogP contribution in [0.4, 0.5) is 5.82 Å². The molecule has 0 saturated carbocycles. The maximum absolute atomic E-state index is 11.5. The van der Waals surface area contributed by atoms with Crippen molar-refractivity contribution < 1.29 is 15.0 Å². The highest BCUT2D eigenvalue weighted by atomic mass is 16.4.